The maximum absolute atomic E-state index is 12.3. The van der Waals surface area contributed by atoms with Crippen LogP contribution in [-0.4, -0.2) is 60.9 Å². The zero-order valence-electron chi connectivity index (χ0n) is 10.8. The van der Waals surface area contributed by atoms with Crippen LogP contribution in [0, 0.1) is 0 Å². The van der Waals surface area contributed by atoms with Crippen molar-refractivity contribution in [1.82, 2.24) is 14.9 Å². The van der Waals surface area contributed by atoms with Crippen LogP contribution in [0.1, 0.15) is 0 Å². The Balaban J connectivity index is 1.98. The fourth-order valence-electron chi connectivity index (χ4n) is 2.03. The van der Waals surface area contributed by atoms with Crippen molar-refractivity contribution in [2.75, 3.05) is 44.7 Å². The quantitative estimate of drug-likeness (QED) is 0.797. The van der Waals surface area contributed by atoms with Crippen LogP contribution >= 0.6 is 11.6 Å². The van der Waals surface area contributed by atoms with Crippen molar-refractivity contribution in [1.29, 1.82) is 0 Å². The highest BCUT2D eigenvalue weighted by Gasteiger charge is 2.32. The van der Waals surface area contributed by atoms with Crippen molar-refractivity contribution < 1.29 is 17.9 Å². The van der Waals surface area contributed by atoms with Gasteiger partial charge in [-0.1, -0.05) is 11.6 Å². The summed E-state index contributed by atoms with van der Waals surface area (Å²) < 4.78 is 41.8. The van der Waals surface area contributed by atoms with Gasteiger partial charge in [-0.2, -0.15) is 23.1 Å². The smallest absolute Gasteiger partial charge is 0.401 e. The molecule has 0 N–H and O–H groups in total. The lowest BCUT2D eigenvalue weighted by molar-refractivity contribution is -0.146. The van der Waals surface area contributed by atoms with Gasteiger partial charge in [-0.15, -0.1) is 0 Å². The second-order valence-corrected chi connectivity index (χ2v) is 4.80. The summed E-state index contributed by atoms with van der Waals surface area (Å²) >= 11 is 5.85. The van der Waals surface area contributed by atoms with Gasteiger partial charge in [0.1, 0.15) is 11.0 Å². The summed E-state index contributed by atoms with van der Waals surface area (Å²) in [5.74, 6) is 0.563. The highest BCUT2D eigenvalue weighted by molar-refractivity contribution is 6.29. The molecule has 0 aromatic carbocycles. The number of anilines is 1. The average molecular weight is 311 g/mol. The first-order valence-electron chi connectivity index (χ1n) is 6.00. The van der Waals surface area contributed by atoms with E-state index >= 15 is 0 Å². The van der Waals surface area contributed by atoms with Crippen molar-refractivity contribution in [2.45, 2.75) is 6.18 Å². The summed E-state index contributed by atoms with van der Waals surface area (Å²) in [6.45, 7) is 0.667. The fourth-order valence-corrected chi connectivity index (χ4v) is 2.20. The molecule has 1 aliphatic heterocycles. The zero-order valence-corrected chi connectivity index (χ0v) is 11.6. The molecule has 0 amide bonds. The lowest BCUT2D eigenvalue weighted by Crippen LogP contribution is -2.49. The van der Waals surface area contributed by atoms with Crippen LogP contribution in [0.5, 0.6) is 6.01 Å². The lowest BCUT2D eigenvalue weighted by Gasteiger charge is -2.35. The van der Waals surface area contributed by atoms with Crippen molar-refractivity contribution in [3.8, 4) is 6.01 Å². The topological polar surface area (TPSA) is 41.5 Å². The number of ether oxygens (including phenoxy) is 1. The summed E-state index contributed by atoms with van der Waals surface area (Å²) in [6, 6.07) is 1.72. The number of hydrogen-bond donors (Lipinski definition) is 0. The van der Waals surface area contributed by atoms with E-state index in [0.29, 0.717) is 32.0 Å². The van der Waals surface area contributed by atoms with Crippen molar-refractivity contribution in [3.05, 3.63) is 11.2 Å². The molecule has 0 aliphatic carbocycles. The second-order valence-electron chi connectivity index (χ2n) is 4.41. The molecule has 5 nitrogen and oxygen atoms in total. The van der Waals surface area contributed by atoms with Crippen molar-refractivity contribution in [3.63, 3.8) is 0 Å². The summed E-state index contributed by atoms with van der Waals surface area (Å²) in [4.78, 5) is 11.2. The number of methoxy groups -OCH3 is 1. The minimum Gasteiger partial charge on any atom is -0.467 e. The molecule has 1 aromatic heterocycles. The minimum atomic E-state index is -4.16. The summed E-state index contributed by atoms with van der Waals surface area (Å²) in [5.41, 5.74) is 0. The van der Waals surface area contributed by atoms with Crippen molar-refractivity contribution in [2.24, 2.45) is 0 Å². The van der Waals surface area contributed by atoms with Gasteiger partial charge < -0.3 is 9.64 Å². The van der Waals surface area contributed by atoms with Gasteiger partial charge in [0, 0.05) is 32.2 Å². The molecular weight excluding hydrogens is 297 g/mol. The molecule has 1 aliphatic rings. The third kappa shape index (κ3) is 4.11. The highest BCUT2D eigenvalue weighted by Crippen LogP contribution is 2.22. The Morgan fingerprint density at radius 3 is 2.45 bits per heavy atom. The zero-order chi connectivity index (χ0) is 14.8. The van der Waals surface area contributed by atoms with Gasteiger partial charge in [-0.3, -0.25) is 4.90 Å². The van der Waals surface area contributed by atoms with E-state index in [9.17, 15) is 13.2 Å². The first-order valence-corrected chi connectivity index (χ1v) is 6.38. The number of piperazine rings is 1. The molecule has 0 saturated carbocycles. The largest absolute Gasteiger partial charge is 0.467 e. The second kappa shape index (κ2) is 6.01. The van der Waals surface area contributed by atoms with Crippen LogP contribution in [-0.2, 0) is 0 Å². The maximum Gasteiger partial charge on any atom is 0.401 e. The number of rotatable bonds is 3. The fraction of sp³-hybridized carbons (Fsp3) is 0.636. The number of nitrogens with zero attached hydrogens (tertiary/aromatic N) is 4. The van der Waals surface area contributed by atoms with Crippen LogP contribution < -0.4 is 9.64 Å². The molecule has 1 aromatic rings. The first-order chi connectivity index (χ1) is 9.37. The Hall–Kier alpha value is -1.28. The third-order valence-electron chi connectivity index (χ3n) is 2.94. The van der Waals surface area contributed by atoms with E-state index in [2.05, 4.69) is 9.97 Å². The summed E-state index contributed by atoms with van der Waals surface area (Å²) in [5, 5.41) is 0.240. The molecule has 0 unspecified atom stereocenters. The molecule has 20 heavy (non-hydrogen) atoms. The van der Waals surface area contributed by atoms with Crippen molar-refractivity contribution >= 4 is 17.4 Å². The molecule has 1 fully saturated rings. The minimum absolute atomic E-state index is 0.144. The molecule has 9 heteroatoms. The van der Waals surface area contributed by atoms with E-state index < -0.39 is 12.7 Å². The lowest BCUT2D eigenvalue weighted by atomic mass is 10.3. The van der Waals surface area contributed by atoms with Crippen LogP contribution in [0.2, 0.25) is 5.15 Å². The van der Waals surface area contributed by atoms with E-state index in [1.807, 2.05) is 4.90 Å². The van der Waals surface area contributed by atoms with Gasteiger partial charge in [0.05, 0.1) is 13.7 Å². The molecular formula is C11H14ClF3N4O. The highest BCUT2D eigenvalue weighted by atomic mass is 35.5. The van der Waals surface area contributed by atoms with Crippen LogP contribution in [0.15, 0.2) is 6.07 Å². The molecule has 0 spiro atoms. The molecule has 0 radical (unpaired) electrons. The number of hydrogen-bond acceptors (Lipinski definition) is 5. The predicted molar refractivity (Wildman–Crippen MR) is 68.3 cm³/mol. The van der Waals surface area contributed by atoms with Gasteiger partial charge in [0.15, 0.2) is 0 Å². The first kappa shape index (κ1) is 15.1. The van der Waals surface area contributed by atoms with Gasteiger partial charge in [0.2, 0.25) is 0 Å². The van der Waals surface area contributed by atoms with Crippen LogP contribution in [0.3, 0.4) is 0 Å². The standard InChI is InChI=1S/C11H14ClF3N4O/c1-20-10-16-8(12)6-9(17-10)19-4-2-18(3-5-19)7-11(13,14)15/h6H,2-5,7H2,1H3. The van der Waals surface area contributed by atoms with Gasteiger partial charge in [-0.25, -0.2) is 0 Å². The number of alkyl halides is 3. The predicted octanol–water partition coefficient (Wildman–Crippen LogP) is 1.82. The molecule has 0 atom stereocenters. The summed E-state index contributed by atoms with van der Waals surface area (Å²) in [6.07, 6.45) is -4.16. The Morgan fingerprint density at radius 2 is 1.90 bits per heavy atom. The number of halogens is 4. The van der Waals surface area contributed by atoms with E-state index in [1.165, 1.54) is 12.0 Å². The monoisotopic (exact) mass is 310 g/mol. The van der Waals surface area contributed by atoms with Crippen LogP contribution in [0.25, 0.3) is 0 Å². The average Bonchev–Trinajstić information content (AvgIpc) is 2.37. The van der Waals surface area contributed by atoms with E-state index in [1.54, 1.807) is 6.07 Å². The molecule has 112 valence electrons. The van der Waals surface area contributed by atoms with E-state index in [-0.39, 0.29) is 11.2 Å². The van der Waals surface area contributed by atoms with Gasteiger partial charge in [-0.05, 0) is 0 Å². The van der Waals surface area contributed by atoms with E-state index in [4.69, 9.17) is 16.3 Å². The van der Waals surface area contributed by atoms with Gasteiger partial charge >= 0.3 is 12.2 Å². The van der Waals surface area contributed by atoms with Crippen LogP contribution in [0.4, 0.5) is 19.0 Å². The Bertz CT molecular complexity index is 463. The number of aromatic nitrogens is 2. The SMILES string of the molecule is COc1nc(Cl)cc(N2CCN(CC(F)(F)F)CC2)n1. The molecule has 1 saturated heterocycles. The summed E-state index contributed by atoms with van der Waals surface area (Å²) in [7, 11) is 1.43. The Morgan fingerprint density at radius 1 is 1.25 bits per heavy atom. The normalized spacial score (nSPS) is 17.4. The molecule has 2 rings (SSSR count). The maximum atomic E-state index is 12.3. The Labute approximate surface area is 119 Å². The Kier molecular flexibility index (Phi) is 4.54. The van der Waals surface area contributed by atoms with Gasteiger partial charge in [0.25, 0.3) is 0 Å². The third-order valence-corrected chi connectivity index (χ3v) is 3.14. The van der Waals surface area contributed by atoms with E-state index in [0.717, 1.165) is 0 Å². The molecule has 0 bridgehead atoms. The molecule has 2 heterocycles.